The van der Waals surface area contributed by atoms with Gasteiger partial charge in [-0.05, 0) is 37.1 Å². The zero-order chi connectivity index (χ0) is 21.2. The van der Waals surface area contributed by atoms with E-state index in [1.165, 1.54) is 19.1 Å². The van der Waals surface area contributed by atoms with Crippen molar-refractivity contribution in [3.8, 4) is 0 Å². The number of fused-ring (bicyclic) bond motifs is 1. The topological polar surface area (TPSA) is 42.0 Å². The molecule has 0 unspecified atom stereocenters. The first-order valence-corrected chi connectivity index (χ1v) is 8.73. The molecular formula is C21H19F5N2OS. The van der Waals surface area contributed by atoms with Crippen LogP contribution < -0.4 is 5.32 Å². The van der Waals surface area contributed by atoms with Gasteiger partial charge in [0.05, 0.1) is 17.5 Å². The van der Waals surface area contributed by atoms with Gasteiger partial charge in [0.25, 0.3) is 5.91 Å². The highest BCUT2D eigenvalue weighted by atomic mass is 32.1. The lowest BCUT2D eigenvalue weighted by atomic mass is 9.88. The lowest BCUT2D eigenvalue weighted by Gasteiger charge is -2.32. The lowest BCUT2D eigenvalue weighted by molar-refractivity contribution is -0.147. The molecule has 0 aliphatic heterocycles. The first-order valence-electron chi connectivity index (χ1n) is 8.73. The predicted octanol–water partition coefficient (Wildman–Crippen LogP) is 5.31. The SMILES string of the molecule is C[C@](Cc1ccccc1)(CC(F)(F)F)NC(=O)c1cnc2c(F)c(F)ccc2c1.S. The number of carbonyl (C=O) groups is 1. The summed E-state index contributed by atoms with van der Waals surface area (Å²) in [5.41, 5.74) is -1.29. The smallest absolute Gasteiger partial charge is 0.346 e. The monoisotopic (exact) mass is 442 g/mol. The van der Waals surface area contributed by atoms with E-state index >= 15 is 0 Å². The van der Waals surface area contributed by atoms with Gasteiger partial charge in [-0.25, -0.2) is 8.78 Å². The second-order valence-electron chi connectivity index (χ2n) is 7.13. The second kappa shape index (κ2) is 8.99. The minimum absolute atomic E-state index is 0. The fourth-order valence-corrected chi connectivity index (χ4v) is 3.25. The maximum atomic E-state index is 13.8. The molecule has 0 radical (unpaired) electrons. The Morgan fingerprint density at radius 1 is 1.07 bits per heavy atom. The summed E-state index contributed by atoms with van der Waals surface area (Å²) >= 11 is 0. The number of alkyl halides is 3. The second-order valence-corrected chi connectivity index (χ2v) is 7.13. The number of halogens is 5. The highest BCUT2D eigenvalue weighted by Crippen LogP contribution is 2.30. The van der Waals surface area contributed by atoms with Crippen molar-refractivity contribution in [2.75, 3.05) is 0 Å². The number of amides is 1. The van der Waals surface area contributed by atoms with Gasteiger partial charge in [-0.2, -0.15) is 26.7 Å². The largest absolute Gasteiger partial charge is 0.391 e. The van der Waals surface area contributed by atoms with Gasteiger partial charge in [-0.3, -0.25) is 9.78 Å². The van der Waals surface area contributed by atoms with Gasteiger partial charge in [-0.1, -0.05) is 30.3 Å². The number of rotatable bonds is 5. The third-order valence-electron chi connectivity index (χ3n) is 4.45. The van der Waals surface area contributed by atoms with Crippen molar-refractivity contribution >= 4 is 30.3 Å². The molecule has 0 aliphatic carbocycles. The van der Waals surface area contributed by atoms with Crippen molar-refractivity contribution in [3.63, 3.8) is 0 Å². The fourth-order valence-electron chi connectivity index (χ4n) is 3.25. The van der Waals surface area contributed by atoms with Crippen LogP contribution in [0, 0.1) is 11.6 Å². The quantitative estimate of drug-likeness (QED) is 0.544. The van der Waals surface area contributed by atoms with Gasteiger partial charge in [0, 0.05) is 11.6 Å². The van der Waals surface area contributed by atoms with Crippen LogP contribution in [0.3, 0.4) is 0 Å². The molecule has 0 spiro atoms. The molecule has 3 nitrogen and oxygen atoms in total. The van der Waals surface area contributed by atoms with Crippen LogP contribution in [0.5, 0.6) is 0 Å². The van der Waals surface area contributed by atoms with E-state index in [4.69, 9.17) is 0 Å². The van der Waals surface area contributed by atoms with Crippen molar-refractivity contribution in [2.24, 2.45) is 0 Å². The third kappa shape index (κ3) is 5.69. The molecule has 1 heterocycles. The number of benzene rings is 2. The Morgan fingerprint density at radius 2 is 1.73 bits per heavy atom. The molecule has 1 N–H and O–H groups in total. The predicted molar refractivity (Wildman–Crippen MR) is 109 cm³/mol. The van der Waals surface area contributed by atoms with Crippen molar-refractivity contribution in [3.05, 3.63) is 77.5 Å². The molecule has 0 aliphatic rings. The summed E-state index contributed by atoms with van der Waals surface area (Å²) in [5, 5.41) is 2.60. The van der Waals surface area contributed by atoms with Crippen molar-refractivity contribution in [1.29, 1.82) is 0 Å². The number of pyridine rings is 1. The number of hydrogen-bond donors (Lipinski definition) is 1. The van der Waals surface area contributed by atoms with E-state index < -0.39 is 35.7 Å². The Labute approximate surface area is 176 Å². The van der Waals surface area contributed by atoms with E-state index in [1.54, 1.807) is 30.3 Å². The van der Waals surface area contributed by atoms with Crippen LogP contribution in [-0.4, -0.2) is 22.6 Å². The molecule has 9 heteroatoms. The molecule has 0 fully saturated rings. The third-order valence-corrected chi connectivity index (χ3v) is 4.45. The van der Waals surface area contributed by atoms with Crippen LogP contribution in [-0.2, 0) is 6.42 Å². The average molecular weight is 442 g/mol. The Morgan fingerprint density at radius 3 is 2.37 bits per heavy atom. The van der Waals surface area contributed by atoms with Gasteiger partial charge in [0.2, 0.25) is 0 Å². The average Bonchev–Trinajstić information content (AvgIpc) is 2.63. The van der Waals surface area contributed by atoms with Crippen LogP contribution in [0.4, 0.5) is 22.0 Å². The molecule has 0 saturated carbocycles. The van der Waals surface area contributed by atoms with Crippen LogP contribution in [0.1, 0.15) is 29.3 Å². The first-order chi connectivity index (χ1) is 13.6. The fraction of sp³-hybridized carbons (Fsp3) is 0.238. The van der Waals surface area contributed by atoms with Crippen LogP contribution in [0.15, 0.2) is 54.7 Å². The number of nitrogens with one attached hydrogen (secondary N) is 1. The lowest BCUT2D eigenvalue weighted by Crippen LogP contribution is -2.50. The van der Waals surface area contributed by atoms with Crippen LogP contribution in [0.25, 0.3) is 10.9 Å². The van der Waals surface area contributed by atoms with Crippen molar-refractivity contribution in [2.45, 2.75) is 31.5 Å². The molecule has 1 aromatic heterocycles. The molecule has 0 bridgehead atoms. The van der Waals surface area contributed by atoms with Crippen molar-refractivity contribution < 1.29 is 26.7 Å². The summed E-state index contributed by atoms with van der Waals surface area (Å²) < 4.78 is 66.5. The molecule has 3 aromatic rings. The Kier molecular flexibility index (Phi) is 7.07. The van der Waals surface area contributed by atoms with Gasteiger partial charge in [0.1, 0.15) is 5.52 Å². The zero-order valence-corrected chi connectivity index (χ0v) is 16.9. The highest BCUT2D eigenvalue weighted by Gasteiger charge is 2.40. The summed E-state index contributed by atoms with van der Waals surface area (Å²) in [4.78, 5) is 16.4. The molecule has 2 aromatic carbocycles. The number of nitrogens with zero attached hydrogens (tertiary/aromatic N) is 1. The summed E-state index contributed by atoms with van der Waals surface area (Å²) in [6, 6.07) is 11.9. The van der Waals surface area contributed by atoms with E-state index in [0.29, 0.717) is 5.56 Å². The Bertz CT molecular complexity index is 1040. The van der Waals surface area contributed by atoms with Crippen molar-refractivity contribution in [1.82, 2.24) is 10.3 Å². The van der Waals surface area contributed by atoms with Gasteiger partial charge in [0.15, 0.2) is 11.6 Å². The maximum absolute atomic E-state index is 13.8. The summed E-state index contributed by atoms with van der Waals surface area (Å²) in [5.74, 6) is -3.02. The van der Waals surface area contributed by atoms with Gasteiger partial charge < -0.3 is 5.32 Å². The highest BCUT2D eigenvalue weighted by molar-refractivity contribution is 7.59. The number of aromatic nitrogens is 1. The van der Waals surface area contributed by atoms with E-state index in [-0.39, 0.29) is 36.4 Å². The molecule has 3 rings (SSSR count). The van der Waals surface area contributed by atoms with Gasteiger partial charge >= 0.3 is 6.18 Å². The summed E-state index contributed by atoms with van der Waals surface area (Å²) in [6.45, 7) is 1.31. The standard InChI is InChI=1S/C21H17F5N2O.H2S/c1-20(12-21(24,25)26,10-13-5-3-2-4-6-13)28-19(29)15-9-14-7-8-16(22)17(23)18(14)27-11-15;/h2-9,11H,10,12H2,1H3,(H,28,29);1H2/t20-;/m0./s1. The molecule has 1 atom stereocenters. The summed E-state index contributed by atoms with van der Waals surface area (Å²) in [6.07, 6.45) is -4.77. The van der Waals surface area contributed by atoms with Crippen LogP contribution >= 0.6 is 13.5 Å². The van der Waals surface area contributed by atoms with E-state index in [1.807, 2.05) is 0 Å². The number of hydrogen-bond acceptors (Lipinski definition) is 2. The molecular weight excluding hydrogens is 423 g/mol. The number of carbonyl (C=O) groups excluding carboxylic acids is 1. The minimum Gasteiger partial charge on any atom is -0.346 e. The van der Waals surface area contributed by atoms with Gasteiger partial charge in [-0.15, -0.1) is 0 Å². The Hall–Kier alpha value is -2.68. The molecule has 1 amide bonds. The normalized spacial score (nSPS) is 13.4. The zero-order valence-electron chi connectivity index (χ0n) is 15.9. The minimum atomic E-state index is -4.50. The summed E-state index contributed by atoms with van der Waals surface area (Å²) in [7, 11) is 0. The van der Waals surface area contributed by atoms with E-state index in [9.17, 15) is 26.7 Å². The molecule has 30 heavy (non-hydrogen) atoms. The maximum Gasteiger partial charge on any atom is 0.391 e. The van der Waals surface area contributed by atoms with E-state index in [2.05, 4.69) is 10.3 Å². The molecule has 0 saturated heterocycles. The van der Waals surface area contributed by atoms with E-state index in [0.717, 1.165) is 12.3 Å². The van der Waals surface area contributed by atoms with Crippen LogP contribution in [0.2, 0.25) is 0 Å². The molecule has 160 valence electrons. The Balaban J connectivity index is 0.00000320. The first kappa shape index (κ1) is 23.6.